The molecule has 1 nitrogen and oxygen atoms in total. The van der Waals surface area contributed by atoms with Crippen LogP contribution in [0.4, 0.5) is 0 Å². The minimum Gasteiger partial charge on any atom is -0.264 e. The summed E-state index contributed by atoms with van der Waals surface area (Å²) in [6, 6.07) is 33.1. The molecule has 0 saturated heterocycles. The van der Waals surface area contributed by atoms with Gasteiger partial charge in [-0.15, -0.1) is 11.3 Å². The highest BCUT2D eigenvalue weighted by atomic mass is 32.1. The highest BCUT2D eigenvalue weighted by molar-refractivity contribution is 7.26. The van der Waals surface area contributed by atoms with E-state index in [0.29, 0.717) is 0 Å². The molecule has 0 aliphatic rings. The van der Waals surface area contributed by atoms with E-state index < -0.39 is 0 Å². The first kappa shape index (κ1) is 17.0. The summed E-state index contributed by atoms with van der Waals surface area (Å²) < 4.78 is 2.69. The Hall–Kier alpha value is -3.75. The predicted molar refractivity (Wildman–Crippen MR) is 135 cm³/mol. The van der Waals surface area contributed by atoms with Gasteiger partial charge in [-0.1, -0.05) is 72.8 Å². The molecule has 0 N–H and O–H groups in total. The van der Waals surface area contributed by atoms with Crippen molar-refractivity contribution in [3.8, 4) is 11.1 Å². The van der Waals surface area contributed by atoms with Crippen LogP contribution in [0.3, 0.4) is 0 Å². The van der Waals surface area contributed by atoms with Crippen molar-refractivity contribution < 1.29 is 0 Å². The van der Waals surface area contributed by atoms with Gasteiger partial charge >= 0.3 is 0 Å². The van der Waals surface area contributed by atoms with Crippen molar-refractivity contribution in [1.29, 1.82) is 0 Å². The second kappa shape index (κ2) is 6.37. The van der Waals surface area contributed by atoms with Crippen LogP contribution in [0.2, 0.25) is 0 Å². The van der Waals surface area contributed by atoms with Crippen molar-refractivity contribution in [2.45, 2.75) is 0 Å². The summed E-state index contributed by atoms with van der Waals surface area (Å²) in [7, 11) is 0. The average Bonchev–Trinajstić information content (AvgIpc) is 3.23. The fourth-order valence-electron chi connectivity index (χ4n) is 4.94. The van der Waals surface area contributed by atoms with Crippen LogP contribution in [0, 0.1) is 0 Å². The van der Waals surface area contributed by atoms with E-state index in [9.17, 15) is 0 Å². The number of hydrogen-bond donors (Lipinski definition) is 0. The second-order valence-electron chi connectivity index (χ2n) is 8.01. The maximum atomic E-state index is 4.45. The Morgan fingerprint density at radius 2 is 1.23 bits per heavy atom. The van der Waals surface area contributed by atoms with Crippen LogP contribution in [-0.4, -0.2) is 4.98 Å². The third kappa shape index (κ3) is 2.40. The summed E-state index contributed by atoms with van der Waals surface area (Å²) in [5.74, 6) is 0. The molecule has 0 atom stereocenters. The molecule has 144 valence electrons. The quantitative estimate of drug-likeness (QED) is 0.247. The second-order valence-corrected chi connectivity index (χ2v) is 9.06. The summed E-state index contributed by atoms with van der Waals surface area (Å²) in [6.45, 7) is 0. The first-order valence-corrected chi connectivity index (χ1v) is 11.3. The Morgan fingerprint density at radius 3 is 2.10 bits per heavy atom. The van der Waals surface area contributed by atoms with Crippen LogP contribution in [0.25, 0.3) is 63.6 Å². The SMILES string of the molecule is c1ccc2c(c1)sc1c(-c3ccc4c5ccccc5c5ccncc5c4c3)cccc12. The summed E-state index contributed by atoms with van der Waals surface area (Å²) >= 11 is 1.88. The zero-order chi connectivity index (χ0) is 20.4. The van der Waals surface area contributed by atoms with Gasteiger partial charge in [-0.05, 0) is 56.3 Å². The van der Waals surface area contributed by atoms with Gasteiger partial charge in [0, 0.05) is 38.0 Å². The van der Waals surface area contributed by atoms with E-state index in [1.54, 1.807) is 0 Å². The van der Waals surface area contributed by atoms with Crippen molar-refractivity contribution in [3.05, 3.63) is 103 Å². The van der Waals surface area contributed by atoms with Gasteiger partial charge in [0.1, 0.15) is 0 Å². The summed E-state index contributed by atoms with van der Waals surface area (Å²) in [5.41, 5.74) is 2.55. The van der Waals surface area contributed by atoms with Crippen LogP contribution in [0.5, 0.6) is 0 Å². The number of benzene rings is 5. The number of nitrogens with zero attached hydrogens (tertiary/aromatic N) is 1. The van der Waals surface area contributed by atoms with Gasteiger partial charge in [-0.3, -0.25) is 4.98 Å². The molecule has 0 aliphatic heterocycles. The maximum absolute atomic E-state index is 4.45. The number of fused-ring (bicyclic) bond motifs is 9. The summed E-state index contributed by atoms with van der Waals surface area (Å²) in [6.07, 6.45) is 3.90. The molecule has 0 spiro atoms. The zero-order valence-electron chi connectivity index (χ0n) is 16.7. The lowest BCUT2D eigenvalue weighted by Gasteiger charge is -2.12. The minimum atomic E-state index is 1.21. The average molecular weight is 412 g/mol. The topological polar surface area (TPSA) is 12.9 Å². The van der Waals surface area contributed by atoms with Crippen LogP contribution >= 0.6 is 11.3 Å². The lowest BCUT2D eigenvalue weighted by Crippen LogP contribution is -1.86. The van der Waals surface area contributed by atoms with Crippen molar-refractivity contribution in [3.63, 3.8) is 0 Å². The lowest BCUT2D eigenvalue weighted by atomic mass is 9.92. The van der Waals surface area contributed by atoms with Crippen LogP contribution in [0.1, 0.15) is 0 Å². The van der Waals surface area contributed by atoms with Crippen molar-refractivity contribution >= 4 is 63.8 Å². The van der Waals surface area contributed by atoms with Crippen LogP contribution in [-0.2, 0) is 0 Å². The Labute approximate surface area is 183 Å². The molecule has 0 radical (unpaired) electrons. The molecule has 5 aromatic carbocycles. The van der Waals surface area contributed by atoms with E-state index in [4.69, 9.17) is 0 Å². The smallest absolute Gasteiger partial charge is 0.0433 e. The first-order chi connectivity index (χ1) is 15.4. The van der Waals surface area contributed by atoms with Gasteiger partial charge in [0.2, 0.25) is 0 Å². The van der Waals surface area contributed by atoms with Crippen LogP contribution < -0.4 is 0 Å². The Bertz CT molecular complexity index is 1760. The Kier molecular flexibility index (Phi) is 3.49. The standard InChI is InChI=1S/C29H17NS/c1-2-7-21-20(6-1)22-13-12-18(16-26(22)27-17-30-15-14-23(21)27)19-9-5-10-25-24-8-3-4-11-28(24)31-29(19)25/h1-17H. The van der Waals surface area contributed by atoms with E-state index >= 15 is 0 Å². The van der Waals surface area contributed by atoms with Gasteiger partial charge < -0.3 is 0 Å². The molecule has 0 bridgehead atoms. The molecule has 2 heteroatoms. The molecule has 7 aromatic rings. The zero-order valence-corrected chi connectivity index (χ0v) is 17.5. The molecular formula is C29H17NS. The third-order valence-corrected chi connectivity index (χ3v) is 7.57. The third-order valence-electron chi connectivity index (χ3n) is 6.35. The van der Waals surface area contributed by atoms with Gasteiger partial charge in [-0.25, -0.2) is 0 Å². The van der Waals surface area contributed by atoms with E-state index in [1.807, 2.05) is 23.7 Å². The molecule has 2 heterocycles. The molecule has 0 aliphatic carbocycles. The van der Waals surface area contributed by atoms with Gasteiger partial charge in [0.05, 0.1) is 0 Å². The normalized spacial score (nSPS) is 11.9. The molecule has 7 rings (SSSR count). The Balaban J connectivity index is 1.60. The van der Waals surface area contributed by atoms with E-state index in [2.05, 4.69) is 96.0 Å². The van der Waals surface area contributed by atoms with Gasteiger partial charge in [-0.2, -0.15) is 0 Å². The number of hydrogen-bond acceptors (Lipinski definition) is 2. The number of aromatic nitrogens is 1. The summed E-state index contributed by atoms with van der Waals surface area (Å²) in [4.78, 5) is 4.45. The highest BCUT2D eigenvalue weighted by Crippen LogP contribution is 2.42. The van der Waals surface area contributed by atoms with E-state index in [0.717, 1.165) is 0 Å². The lowest BCUT2D eigenvalue weighted by molar-refractivity contribution is 1.37. The maximum Gasteiger partial charge on any atom is 0.0433 e. The fourth-order valence-corrected chi connectivity index (χ4v) is 6.18. The highest BCUT2D eigenvalue weighted by Gasteiger charge is 2.13. The minimum absolute atomic E-state index is 1.21. The molecule has 0 unspecified atom stereocenters. The number of thiophene rings is 1. The van der Waals surface area contributed by atoms with E-state index in [1.165, 1.54) is 63.6 Å². The predicted octanol–water partition coefficient (Wildman–Crippen LogP) is 8.58. The van der Waals surface area contributed by atoms with Gasteiger partial charge in [0.25, 0.3) is 0 Å². The molecule has 0 amide bonds. The molecule has 31 heavy (non-hydrogen) atoms. The Morgan fingerprint density at radius 1 is 0.516 bits per heavy atom. The van der Waals surface area contributed by atoms with Gasteiger partial charge in [0.15, 0.2) is 0 Å². The van der Waals surface area contributed by atoms with Crippen molar-refractivity contribution in [2.24, 2.45) is 0 Å². The van der Waals surface area contributed by atoms with E-state index in [-0.39, 0.29) is 0 Å². The van der Waals surface area contributed by atoms with Crippen LogP contribution in [0.15, 0.2) is 103 Å². The first-order valence-electron chi connectivity index (χ1n) is 10.5. The van der Waals surface area contributed by atoms with Crippen molar-refractivity contribution in [1.82, 2.24) is 4.98 Å². The summed E-state index contributed by atoms with van der Waals surface area (Å²) in [5, 5.41) is 10.3. The number of pyridine rings is 1. The molecule has 0 fully saturated rings. The monoisotopic (exact) mass is 411 g/mol. The van der Waals surface area contributed by atoms with Crippen molar-refractivity contribution in [2.75, 3.05) is 0 Å². The largest absolute Gasteiger partial charge is 0.264 e. The fraction of sp³-hybridized carbons (Fsp3) is 0. The molecule has 0 saturated carbocycles. The number of rotatable bonds is 1. The molecule has 2 aromatic heterocycles. The molecular weight excluding hydrogens is 394 g/mol.